The average Bonchev–Trinajstić information content (AvgIpc) is 2.45. The molecule has 0 N–H and O–H groups in total. The number of carbonyl (C=O) groups is 1. The van der Waals surface area contributed by atoms with E-state index < -0.39 is 0 Å². The first-order valence-corrected chi connectivity index (χ1v) is 7.85. The number of hydrogen-bond donors (Lipinski definition) is 0. The third-order valence-electron chi connectivity index (χ3n) is 2.89. The molecule has 3 nitrogen and oxygen atoms in total. The Morgan fingerprint density at radius 2 is 1.76 bits per heavy atom. The molecule has 0 unspecified atom stereocenters. The van der Waals surface area contributed by atoms with Crippen LogP contribution in [-0.4, -0.2) is 20.0 Å². The summed E-state index contributed by atoms with van der Waals surface area (Å²) in [5.74, 6) is 0.864. The van der Waals surface area contributed by atoms with Crippen LogP contribution in [0.15, 0.2) is 39.3 Å². The molecule has 2 rings (SSSR count). The Bertz CT molecular complexity index is 702. The lowest BCUT2D eigenvalue weighted by atomic mass is 10.0. The third-order valence-corrected chi connectivity index (χ3v) is 4.40. The van der Waals surface area contributed by atoms with Gasteiger partial charge in [-0.3, -0.25) is 4.79 Å². The standard InChI is InChI=1S/C15H11Br2ClO3/c1-20-9-6-12(17)14(13(7-9)21-2)15(19)10-4-3-8(18)5-11(10)16/h3-7H,1-2H3. The van der Waals surface area contributed by atoms with Crippen molar-refractivity contribution < 1.29 is 14.3 Å². The summed E-state index contributed by atoms with van der Waals surface area (Å²) in [4.78, 5) is 12.8. The normalized spacial score (nSPS) is 10.3. The van der Waals surface area contributed by atoms with Gasteiger partial charge in [0.25, 0.3) is 0 Å². The molecule has 0 saturated heterocycles. The summed E-state index contributed by atoms with van der Waals surface area (Å²) in [7, 11) is 3.06. The maximum absolute atomic E-state index is 12.8. The second kappa shape index (κ2) is 6.81. The van der Waals surface area contributed by atoms with Crippen LogP contribution < -0.4 is 9.47 Å². The van der Waals surface area contributed by atoms with Gasteiger partial charge in [0.15, 0.2) is 5.78 Å². The van der Waals surface area contributed by atoms with Gasteiger partial charge < -0.3 is 9.47 Å². The highest BCUT2D eigenvalue weighted by Gasteiger charge is 2.21. The molecule has 0 aliphatic rings. The molecule has 110 valence electrons. The van der Waals surface area contributed by atoms with Gasteiger partial charge >= 0.3 is 0 Å². The minimum atomic E-state index is -0.176. The van der Waals surface area contributed by atoms with E-state index in [0.29, 0.717) is 36.6 Å². The fourth-order valence-electron chi connectivity index (χ4n) is 1.87. The summed E-state index contributed by atoms with van der Waals surface area (Å²) in [6.45, 7) is 0. The maximum Gasteiger partial charge on any atom is 0.199 e. The number of methoxy groups -OCH3 is 2. The molecule has 0 atom stereocenters. The molecule has 0 radical (unpaired) electrons. The largest absolute Gasteiger partial charge is 0.497 e. The van der Waals surface area contributed by atoms with Crippen molar-refractivity contribution in [2.45, 2.75) is 0 Å². The maximum atomic E-state index is 12.8. The van der Waals surface area contributed by atoms with Gasteiger partial charge in [-0.2, -0.15) is 0 Å². The quantitative estimate of drug-likeness (QED) is 0.627. The van der Waals surface area contributed by atoms with Crippen LogP contribution in [0.2, 0.25) is 5.02 Å². The SMILES string of the molecule is COc1cc(Br)c(C(=O)c2ccc(Cl)cc2Br)c(OC)c1. The van der Waals surface area contributed by atoms with Crippen molar-refractivity contribution in [2.24, 2.45) is 0 Å². The van der Waals surface area contributed by atoms with Crippen LogP contribution in [0.4, 0.5) is 0 Å². The first-order chi connectivity index (χ1) is 9.97. The van der Waals surface area contributed by atoms with Crippen molar-refractivity contribution in [1.82, 2.24) is 0 Å². The summed E-state index contributed by atoms with van der Waals surface area (Å²) >= 11 is 12.7. The molecular weight excluding hydrogens is 423 g/mol. The second-order valence-electron chi connectivity index (χ2n) is 4.14. The van der Waals surface area contributed by atoms with E-state index in [1.165, 1.54) is 7.11 Å². The van der Waals surface area contributed by atoms with Crippen LogP contribution in [0, 0.1) is 0 Å². The fraction of sp³-hybridized carbons (Fsp3) is 0.133. The van der Waals surface area contributed by atoms with E-state index >= 15 is 0 Å². The Hall–Kier alpha value is -1.04. The van der Waals surface area contributed by atoms with E-state index in [-0.39, 0.29) is 5.78 Å². The highest BCUT2D eigenvalue weighted by molar-refractivity contribution is 9.11. The Balaban J connectivity index is 2.57. The molecule has 0 saturated carbocycles. The highest BCUT2D eigenvalue weighted by Crippen LogP contribution is 2.35. The Morgan fingerprint density at radius 3 is 2.33 bits per heavy atom. The van der Waals surface area contributed by atoms with Gasteiger partial charge in [0, 0.05) is 25.6 Å². The topological polar surface area (TPSA) is 35.5 Å². The molecule has 0 aliphatic heterocycles. The van der Waals surface area contributed by atoms with E-state index in [4.69, 9.17) is 21.1 Å². The van der Waals surface area contributed by atoms with Gasteiger partial charge in [0.2, 0.25) is 0 Å². The van der Waals surface area contributed by atoms with Crippen LogP contribution >= 0.6 is 43.5 Å². The molecule has 0 aromatic heterocycles. The third kappa shape index (κ3) is 3.42. The summed E-state index contributed by atoms with van der Waals surface area (Å²) < 4.78 is 11.7. The fourth-order valence-corrected chi connectivity index (χ4v) is 3.33. The highest BCUT2D eigenvalue weighted by atomic mass is 79.9. The van der Waals surface area contributed by atoms with Gasteiger partial charge in [0.05, 0.1) is 19.8 Å². The summed E-state index contributed by atoms with van der Waals surface area (Å²) in [6.07, 6.45) is 0. The number of rotatable bonds is 4. The predicted molar refractivity (Wildman–Crippen MR) is 89.8 cm³/mol. The molecule has 2 aromatic carbocycles. The lowest BCUT2D eigenvalue weighted by molar-refractivity contribution is 0.103. The first kappa shape index (κ1) is 16.3. The van der Waals surface area contributed by atoms with Gasteiger partial charge in [-0.05, 0) is 56.1 Å². The lowest BCUT2D eigenvalue weighted by Gasteiger charge is -2.13. The molecule has 0 heterocycles. The molecule has 21 heavy (non-hydrogen) atoms. The zero-order valence-corrected chi connectivity index (χ0v) is 15.2. The van der Waals surface area contributed by atoms with Crippen molar-refractivity contribution in [3.8, 4) is 11.5 Å². The van der Waals surface area contributed by atoms with Crippen LogP contribution in [0.25, 0.3) is 0 Å². The van der Waals surface area contributed by atoms with Gasteiger partial charge in [-0.1, -0.05) is 11.6 Å². The molecule has 6 heteroatoms. The van der Waals surface area contributed by atoms with Crippen molar-refractivity contribution in [2.75, 3.05) is 14.2 Å². The molecular formula is C15H11Br2ClO3. The number of ether oxygens (including phenoxy) is 2. The summed E-state index contributed by atoms with van der Waals surface area (Å²) in [5, 5.41) is 0.555. The second-order valence-corrected chi connectivity index (χ2v) is 6.28. The Kier molecular flexibility index (Phi) is 5.30. The summed E-state index contributed by atoms with van der Waals surface area (Å²) in [6, 6.07) is 8.41. The number of ketones is 1. The van der Waals surface area contributed by atoms with Gasteiger partial charge in [-0.25, -0.2) is 0 Å². The minimum absolute atomic E-state index is 0.176. The van der Waals surface area contributed by atoms with Crippen LogP contribution in [0.5, 0.6) is 11.5 Å². The molecule has 2 aromatic rings. The number of benzene rings is 2. The van der Waals surface area contributed by atoms with E-state index in [1.54, 1.807) is 37.4 Å². The van der Waals surface area contributed by atoms with E-state index in [0.717, 1.165) is 0 Å². The number of carbonyl (C=O) groups excluding carboxylic acids is 1. The van der Waals surface area contributed by atoms with Crippen molar-refractivity contribution in [3.63, 3.8) is 0 Å². The van der Waals surface area contributed by atoms with E-state index in [9.17, 15) is 4.79 Å². The molecule has 0 fully saturated rings. The monoisotopic (exact) mass is 432 g/mol. The van der Waals surface area contributed by atoms with Gasteiger partial charge in [-0.15, -0.1) is 0 Å². The molecule has 0 amide bonds. The van der Waals surface area contributed by atoms with Gasteiger partial charge in [0.1, 0.15) is 11.5 Å². The number of halogens is 3. The van der Waals surface area contributed by atoms with Crippen LogP contribution in [0.3, 0.4) is 0 Å². The van der Waals surface area contributed by atoms with E-state index in [2.05, 4.69) is 31.9 Å². The number of hydrogen-bond acceptors (Lipinski definition) is 3. The molecule has 0 spiro atoms. The molecule has 0 bridgehead atoms. The zero-order chi connectivity index (χ0) is 15.6. The van der Waals surface area contributed by atoms with Crippen molar-refractivity contribution in [1.29, 1.82) is 0 Å². The van der Waals surface area contributed by atoms with Crippen LogP contribution in [-0.2, 0) is 0 Å². The average molecular weight is 435 g/mol. The Morgan fingerprint density at radius 1 is 1.05 bits per heavy atom. The smallest absolute Gasteiger partial charge is 0.199 e. The zero-order valence-electron chi connectivity index (χ0n) is 11.2. The Labute approximate surface area is 144 Å². The summed E-state index contributed by atoms with van der Waals surface area (Å²) in [5.41, 5.74) is 0.935. The molecule has 0 aliphatic carbocycles. The van der Waals surface area contributed by atoms with Crippen molar-refractivity contribution >= 4 is 49.2 Å². The minimum Gasteiger partial charge on any atom is -0.497 e. The lowest BCUT2D eigenvalue weighted by Crippen LogP contribution is -2.06. The van der Waals surface area contributed by atoms with E-state index in [1.807, 2.05) is 0 Å². The van der Waals surface area contributed by atoms with Crippen molar-refractivity contribution in [3.05, 3.63) is 55.4 Å². The first-order valence-electron chi connectivity index (χ1n) is 5.89. The predicted octanol–water partition coefficient (Wildman–Crippen LogP) is 5.11. The van der Waals surface area contributed by atoms with Crippen LogP contribution in [0.1, 0.15) is 15.9 Å².